The summed E-state index contributed by atoms with van der Waals surface area (Å²) in [6.07, 6.45) is 4.80. The summed E-state index contributed by atoms with van der Waals surface area (Å²) in [4.78, 5) is 0. The maximum atomic E-state index is 3.84. The van der Waals surface area contributed by atoms with Gasteiger partial charge in [0.1, 0.15) is 0 Å². The Bertz CT molecular complexity index is 434. The maximum absolute atomic E-state index is 3.84. The van der Waals surface area contributed by atoms with E-state index >= 15 is 0 Å². The van der Waals surface area contributed by atoms with E-state index in [9.17, 15) is 0 Å². The van der Waals surface area contributed by atoms with Crippen molar-refractivity contribution in [3.63, 3.8) is 0 Å². The normalized spacial score (nSPS) is 42.3. The Morgan fingerprint density at radius 2 is 1.33 bits per heavy atom. The molecule has 1 aromatic rings. The molecule has 0 radical (unpaired) electrons. The fraction of sp³-hybridized carbons (Fsp3) is 0.385. The SMILES string of the molecule is BrC1(Br)[C@@H]2[C@H]1[C@H]1C=C[C@@H]2c2ccccc21. The van der Waals surface area contributed by atoms with Crippen molar-refractivity contribution in [2.75, 3.05) is 0 Å². The molecule has 1 saturated carbocycles. The lowest BCUT2D eigenvalue weighted by Crippen LogP contribution is -2.19. The first-order chi connectivity index (χ1) is 7.21. The minimum atomic E-state index is 0.192. The molecule has 2 heteroatoms. The van der Waals surface area contributed by atoms with E-state index in [0.717, 1.165) is 11.8 Å². The van der Waals surface area contributed by atoms with Crippen molar-refractivity contribution in [1.29, 1.82) is 0 Å². The molecule has 0 amide bonds. The van der Waals surface area contributed by atoms with Crippen LogP contribution in [0.5, 0.6) is 0 Å². The van der Waals surface area contributed by atoms with Gasteiger partial charge in [-0.25, -0.2) is 0 Å². The van der Waals surface area contributed by atoms with Crippen LogP contribution in [0.1, 0.15) is 23.0 Å². The number of hydrogen-bond donors (Lipinski definition) is 0. The Morgan fingerprint density at radius 3 is 1.80 bits per heavy atom. The van der Waals surface area contributed by atoms with Gasteiger partial charge in [0.05, 0.1) is 3.23 Å². The summed E-state index contributed by atoms with van der Waals surface area (Å²) in [5.41, 5.74) is 3.10. The van der Waals surface area contributed by atoms with E-state index in [1.165, 1.54) is 0 Å². The van der Waals surface area contributed by atoms with Gasteiger partial charge in [0, 0.05) is 23.7 Å². The fourth-order valence-electron chi connectivity index (χ4n) is 3.49. The van der Waals surface area contributed by atoms with Crippen molar-refractivity contribution < 1.29 is 0 Å². The zero-order valence-electron chi connectivity index (χ0n) is 8.03. The number of hydrogen-bond acceptors (Lipinski definition) is 0. The molecule has 5 rings (SSSR count). The predicted octanol–water partition coefficient (Wildman–Crippen LogP) is 4.17. The summed E-state index contributed by atoms with van der Waals surface area (Å²) in [5, 5.41) is 0. The van der Waals surface area contributed by atoms with Crippen LogP contribution in [0.4, 0.5) is 0 Å². The smallest absolute Gasteiger partial charge is 0.0800 e. The van der Waals surface area contributed by atoms with Gasteiger partial charge in [-0.3, -0.25) is 0 Å². The molecule has 0 nitrogen and oxygen atoms in total. The number of benzene rings is 1. The quantitative estimate of drug-likeness (QED) is 0.496. The van der Waals surface area contributed by atoms with E-state index < -0.39 is 0 Å². The third kappa shape index (κ3) is 0.938. The lowest BCUT2D eigenvalue weighted by Gasteiger charge is -2.32. The molecule has 76 valence electrons. The van der Waals surface area contributed by atoms with E-state index in [4.69, 9.17) is 0 Å². The fourth-order valence-corrected chi connectivity index (χ4v) is 5.51. The third-order valence-electron chi connectivity index (χ3n) is 4.18. The molecule has 4 aliphatic carbocycles. The number of halogens is 2. The molecule has 4 atom stereocenters. The highest BCUT2D eigenvalue weighted by Gasteiger charge is 2.70. The summed E-state index contributed by atoms with van der Waals surface area (Å²) >= 11 is 7.67. The standard InChI is InChI=1S/C13H10Br2/c14-13(15)11-9-5-6-10(12(11)13)8-4-2-1-3-7(8)9/h1-6,9-12H/t9-,10+,11+,12-. The van der Waals surface area contributed by atoms with Crippen LogP contribution in [0.2, 0.25) is 0 Å². The van der Waals surface area contributed by atoms with Crippen molar-refractivity contribution in [3.8, 4) is 0 Å². The van der Waals surface area contributed by atoms with E-state index in [1.54, 1.807) is 11.1 Å². The second kappa shape index (κ2) is 2.60. The summed E-state index contributed by atoms with van der Waals surface area (Å²) in [7, 11) is 0. The summed E-state index contributed by atoms with van der Waals surface area (Å²) < 4.78 is 0.192. The molecule has 0 aliphatic heterocycles. The van der Waals surface area contributed by atoms with Gasteiger partial charge in [-0.15, -0.1) is 0 Å². The number of allylic oxidation sites excluding steroid dienone is 2. The molecule has 0 N–H and O–H groups in total. The highest BCUT2D eigenvalue weighted by atomic mass is 79.9. The summed E-state index contributed by atoms with van der Waals surface area (Å²) in [6.45, 7) is 0. The van der Waals surface area contributed by atoms with Crippen LogP contribution in [-0.2, 0) is 0 Å². The van der Waals surface area contributed by atoms with Gasteiger partial charge >= 0.3 is 0 Å². The zero-order valence-corrected chi connectivity index (χ0v) is 11.2. The van der Waals surface area contributed by atoms with Gasteiger partial charge in [0.15, 0.2) is 0 Å². The van der Waals surface area contributed by atoms with Crippen LogP contribution < -0.4 is 0 Å². The maximum Gasteiger partial charge on any atom is 0.0886 e. The molecular weight excluding hydrogens is 316 g/mol. The zero-order chi connectivity index (χ0) is 10.2. The van der Waals surface area contributed by atoms with E-state index in [2.05, 4.69) is 68.3 Å². The average Bonchev–Trinajstić information content (AvgIpc) is 2.86. The molecule has 0 aromatic heterocycles. The van der Waals surface area contributed by atoms with Crippen molar-refractivity contribution in [1.82, 2.24) is 0 Å². The van der Waals surface area contributed by atoms with Crippen LogP contribution in [0, 0.1) is 11.8 Å². The van der Waals surface area contributed by atoms with Crippen molar-refractivity contribution in [3.05, 3.63) is 47.5 Å². The van der Waals surface area contributed by atoms with Crippen LogP contribution in [0.15, 0.2) is 36.4 Å². The molecule has 4 aliphatic rings. The third-order valence-corrected chi connectivity index (χ3v) is 6.30. The van der Waals surface area contributed by atoms with Crippen molar-refractivity contribution in [2.24, 2.45) is 11.8 Å². The number of alkyl halides is 2. The second-order valence-corrected chi connectivity index (χ2v) is 8.48. The summed E-state index contributed by atoms with van der Waals surface area (Å²) in [5.74, 6) is 2.75. The Balaban J connectivity index is 1.95. The van der Waals surface area contributed by atoms with Gasteiger partial charge < -0.3 is 0 Å². The van der Waals surface area contributed by atoms with Gasteiger partial charge in [-0.05, 0) is 11.1 Å². The van der Waals surface area contributed by atoms with Gasteiger partial charge in [0.25, 0.3) is 0 Å². The highest BCUT2D eigenvalue weighted by Crippen LogP contribution is 2.76. The Labute approximate surface area is 106 Å². The largest absolute Gasteiger partial charge is 0.0886 e. The van der Waals surface area contributed by atoms with E-state index in [-0.39, 0.29) is 3.23 Å². The van der Waals surface area contributed by atoms with Crippen LogP contribution >= 0.6 is 31.9 Å². The highest BCUT2D eigenvalue weighted by molar-refractivity contribution is 9.25. The first-order valence-corrected chi connectivity index (χ1v) is 6.95. The Morgan fingerprint density at radius 1 is 0.867 bits per heavy atom. The number of rotatable bonds is 0. The predicted molar refractivity (Wildman–Crippen MR) is 68.6 cm³/mol. The van der Waals surface area contributed by atoms with Crippen molar-refractivity contribution in [2.45, 2.75) is 15.1 Å². The van der Waals surface area contributed by atoms with Crippen molar-refractivity contribution >= 4 is 31.9 Å². The Kier molecular flexibility index (Phi) is 1.56. The van der Waals surface area contributed by atoms with E-state index in [0.29, 0.717) is 11.8 Å². The molecule has 15 heavy (non-hydrogen) atoms. The van der Waals surface area contributed by atoms with Gasteiger partial charge in [-0.1, -0.05) is 68.3 Å². The van der Waals surface area contributed by atoms with Crippen LogP contribution in [-0.4, -0.2) is 3.23 Å². The minimum absolute atomic E-state index is 0.192. The minimum Gasteiger partial charge on any atom is -0.0800 e. The first kappa shape index (κ1) is 9.00. The summed E-state index contributed by atoms with van der Waals surface area (Å²) in [6, 6.07) is 8.91. The first-order valence-electron chi connectivity index (χ1n) is 5.36. The molecule has 0 spiro atoms. The van der Waals surface area contributed by atoms with Crippen LogP contribution in [0.25, 0.3) is 0 Å². The van der Waals surface area contributed by atoms with Gasteiger partial charge in [-0.2, -0.15) is 0 Å². The average molecular weight is 326 g/mol. The lowest BCUT2D eigenvalue weighted by atomic mass is 9.72. The lowest BCUT2D eigenvalue weighted by molar-refractivity contribution is 0.523. The molecule has 1 fully saturated rings. The second-order valence-electron chi connectivity index (χ2n) is 4.79. The van der Waals surface area contributed by atoms with E-state index in [1.807, 2.05) is 0 Å². The Hall–Kier alpha value is -0.0800. The molecular formula is C13H10Br2. The monoisotopic (exact) mass is 324 g/mol. The molecule has 0 unspecified atom stereocenters. The molecule has 0 saturated heterocycles. The topological polar surface area (TPSA) is 0 Å². The molecule has 2 bridgehead atoms. The van der Waals surface area contributed by atoms with Gasteiger partial charge in [0.2, 0.25) is 0 Å². The van der Waals surface area contributed by atoms with Crippen LogP contribution in [0.3, 0.4) is 0 Å². The molecule has 0 heterocycles. The molecule has 1 aromatic carbocycles.